The Morgan fingerprint density at radius 3 is 2.41 bits per heavy atom. The molecule has 1 aromatic rings. The highest BCUT2D eigenvalue weighted by atomic mass is 127. The summed E-state index contributed by atoms with van der Waals surface area (Å²) in [5.74, 6) is 2.09. The number of methoxy groups -OCH3 is 1. The van der Waals surface area contributed by atoms with Crippen molar-refractivity contribution in [3.05, 3.63) is 24.3 Å². The molecule has 0 aromatic heterocycles. The van der Waals surface area contributed by atoms with Crippen molar-refractivity contribution in [2.75, 3.05) is 26.7 Å². The molecule has 0 aliphatic rings. The second-order valence-electron chi connectivity index (χ2n) is 6.20. The molecule has 0 radical (unpaired) electrons. The Morgan fingerprint density at radius 1 is 1.15 bits per heavy atom. The van der Waals surface area contributed by atoms with E-state index in [2.05, 4.69) is 20.9 Å². The first-order chi connectivity index (χ1) is 12.5. The van der Waals surface area contributed by atoms with E-state index in [1.54, 1.807) is 7.11 Å². The lowest BCUT2D eigenvalue weighted by Gasteiger charge is -2.17. The zero-order valence-corrected chi connectivity index (χ0v) is 19.2. The van der Waals surface area contributed by atoms with E-state index in [0.717, 1.165) is 6.54 Å². The van der Waals surface area contributed by atoms with Crippen LogP contribution in [0.4, 0.5) is 0 Å². The largest absolute Gasteiger partial charge is 0.493 e. The van der Waals surface area contributed by atoms with Gasteiger partial charge in [0.15, 0.2) is 17.5 Å². The lowest BCUT2D eigenvalue weighted by Crippen LogP contribution is -2.40. The summed E-state index contributed by atoms with van der Waals surface area (Å²) in [5.41, 5.74) is 0. The molecule has 0 aliphatic carbocycles. The Hall–Kier alpha value is -1.71. The van der Waals surface area contributed by atoms with Crippen LogP contribution >= 0.6 is 24.0 Å². The van der Waals surface area contributed by atoms with Gasteiger partial charge in [0.2, 0.25) is 5.91 Å². The number of rotatable bonds is 10. The smallest absolute Gasteiger partial charge is 0.221 e. The quantitative estimate of drug-likeness (QED) is 0.266. The van der Waals surface area contributed by atoms with E-state index >= 15 is 0 Å². The number of carbonyl (C=O) groups is 1. The third-order valence-electron chi connectivity index (χ3n) is 3.34. The maximum atomic E-state index is 11.7. The average molecular weight is 492 g/mol. The molecule has 0 bridgehead atoms. The minimum absolute atomic E-state index is 0. The molecule has 7 nitrogen and oxygen atoms in total. The fourth-order valence-corrected chi connectivity index (χ4v) is 2.22. The van der Waals surface area contributed by atoms with Gasteiger partial charge in [0.05, 0.1) is 13.7 Å². The van der Waals surface area contributed by atoms with E-state index in [0.29, 0.717) is 37.0 Å². The van der Waals surface area contributed by atoms with Crippen LogP contribution in [0.25, 0.3) is 0 Å². The Balaban J connectivity index is 0.00000676. The lowest BCUT2D eigenvalue weighted by molar-refractivity contribution is -0.121. The number of para-hydroxylation sites is 2. The van der Waals surface area contributed by atoms with E-state index in [1.165, 1.54) is 0 Å². The zero-order valence-electron chi connectivity index (χ0n) is 16.9. The van der Waals surface area contributed by atoms with E-state index in [9.17, 15) is 4.79 Å². The molecule has 154 valence electrons. The van der Waals surface area contributed by atoms with Crippen molar-refractivity contribution in [1.29, 1.82) is 0 Å². The minimum Gasteiger partial charge on any atom is -0.493 e. The van der Waals surface area contributed by atoms with Gasteiger partial charge in [0, 0.05) is 25.6 Å². The maximum absolute atomic E-state index is 11.7. The van der Waals surface area contributed by atoms with Crippen LogP contribution in [0.1, 0.15) is 34.1 Å². The van der Waals surface area contributed by atoms with E-state index in [4.69, 9.17) is 9.47 Å². The molecule has 0 aliphatic heterocycles. The first-order valence-electron chi connectivity index (χ1n) is 9.07. The van der Waals surface area contributed by atoms with Gasteiger partial charge in [0.25, 0.3) is 0 Å². The summed E-state index contributed by atoms with van der Waals surface area (Å²) in [6.45, 7) is 9.58. The second-order valence-corrected chi connectivity index (χ2v) is 6.20. The van der Waals surface area contributed by atoms with Crippen molar-refractivity contribution < 1.29 is 14.3 Å². The summed E-state index contributed by atoms with van der Waals surface area (Å²) in [5, 5.41) is 9.20. The van der Waals surface area contributed by atoms with Gasteiger partial charge in [-0.15, -0.1) is 24.0 Å². The number of carbonyl (C=O) groups excluding carboxylic acids is 1. The number of halogens is 1. The van der Waals surface area contributed by atoms with Crippen molar-refractivity contribution in [2.45, 2.75) is 46.3 Å². The third kappa shape index (κ3) is 10.9. The Morgan fingerprint density at radius 2 is 1.81 bits per heavy atom. The second kappa shape index (κ2) is 14.4. The molecule has 0 spiro atoms. The van der Waals surface area contributed by atoms with Gasteiger partial charge in [-0.2, -0.15) is 0 Å². The number of benzene rings is 1. The molecule has 0 saturated heterocycles. The van der Waals surface area contributed by atoms with Crippen molar-refractivity contribution in [1.82, 2.24) is 16.0 Å². The summed E-state index contributed by atoms with van der Waals surface area (Å²) in [4.78, 5) is 16.2. The highest BCUT2D eigenvalue weighted by molar-refractivity contribution is 14.0. The highest BCUT2D eigenvalue weighted by Crippen LogP contribution is 2.26. The number of nitrogens with one attached hydrogen (secondary N) is 3. The zero-order chi connectivity index (χ0) is 19.4. The third-order valence-corrected chi connectivity index (χ3v) is 3.34. The molecular weight excluding hydrogens is 459 g/mol. The highest BCUT2D eigenvalue weighted by Gasteiger charge is 2.09. The first-order valence-corrected chi connectivity index (χ1v) is 9.07. The Kier molecular flexibility index (Phi) is 13.5. The van der Waals surface area contributed by atoms with E-state index in [-0.39, 0.29) is 42.0 Å². The topological polar surface area (TPSA) is 84.0 Å². The van der Waals surface area contributed by atoms with E-state index < -0.39 is 0 Å². The Bertz CT molecular complexity index is 582. The number of hydrogen-bond donors (Lipinski definition) is 3. The summed E-state index contributed by atoms with van der Waals surface area (Å²) >= 11 is 0. The van der Waals surface area contributed by atoms with Gasteiger partial charge in [0.1, 0.15) is 6.10 Å². The van der Waals surface area contributed by atoms with Crippen LogP contribution < -0.4 is 25.4 Å². The number of ether oxygens (including phenoxy) is 2. The molecular formula is C19H33IN4O3. The fourth-order valence-electron chi connectivity index (χ4n) is 2.22. The standard InChI is InChI=1S/C19H32N4O3.HI/c1-6-20-19(21-12-11-18(24)23-14(2)3)22-13-15(4)26-17-10-8-7-9-16(17)25-5;/h7-10,14-15H,6,11-13H2,1-5H3,(H,23,24)(H2,20,21,22);1H. The molecule has 1 rings (SSSR count). The monoisotopic (exact) mass is 492 g/mol. The van der Waals surface area contributed by atoms with Crippen LogP contribution in [0.2, 0.25) is 0 Å². The van der Waals surface area contributed by atoms with Crippen LogP contribution in [0, 0.1) is 0 Å². The normalized spacial score (nSPS) is 12.0. The van der Waals surface area contributed by atoms with E-state index in [1.807, 2.05) is 52.0 Å². The number of hydrogen-bond acceptors (Lipinski definition) is 4. The molecule has 3 N–H and O–H groups in total. The van der Waals surface area contributed by atoms with Crippen molar-refractivity contribution in [2.24, 2.45) is 4.99 Å². The minimum atomic E-state index is -0.119. The van der Waals surface area contributed by atoms with Gasteiger partial charge < -0.3 is 25.4 Å². The molecule has 1 aromatic carbocycles. The number of aliphatic imine (C=N–C) groups is 1. The molecule has 0 saturated carbocycles. The van der Waals surface area contributed by atoms with Gasteiger partial charge in [-0.25, -0.2) is 4.99 Å². The van der Waals surface area contributed by atoms with Gasteiger partial charge in [-0.1, -0.05) is 12.1 Å². The molecule has 0 heterocycles. The SMILES string of the molecule is CCNC(=NCC(C)Oc1ccccc1OC)NCCC(=O)NC(C)C.I. The molecule has 0 fully saturated rings. The molecule has 1 atom stereocenters. The summed E-state index contributed by atoms with van der Waals surface area (Å²) in [6, 6.07) is 7.69. The van der Waals surface area contributed by atoms with Crippen molar-refractivity contribution >= 4 is 35.8 Å². The van der Waals surface area contributed by atoms with Crippen LogP contribution in [-0.2, 0) is 4.79 Å². The van der Waals surface area contributed by atoms with Crippen LogP contribution in [0.3, 0.4) is 0 Å². The lowest BCUT2D eigenvalue weighted by atomic mass is 10.3. The van der Waals surface area contributed by atoms with Crippen LogP contribution in [0.15, 0.2) is 29.3 Å². The summed E-state index contributed by atoms with van der Waals surface area (Å²) < 4.78 is 11.2. The number of guanidine groups is 1. The summed E-state index contributed by atoms with van der Waals surface area (Å²) in [7, 11) is 1.62. The molecule has 1 amide bonds. The van der Waals surface area contributed by atoms with Gasteiger partial charge in [-0.05, 0) is 39.8 Å². The van der Waals surface area contributed by atoms with Gasteiger partial charge in [-0.3, -0.25) is 4.79 Å². The fraction of sp³-hybridized carbons (Fsp3) is 0.579. The van der Waals surface area contributed by atoms with Crippen LogP contribution in [-0.4, -0.2) is 50.8 Å². The average Bonchev–Trinajstić information content (AvgIpc) is 2.59. The summed E-state index contributed by atoms with van der Waals surface area (Å²) in [6.07, 6.45) is 0.279. The predicted molar refractivity (Wildman–Crippen MR) is 120 cm³/mol. The first kappa shape index (κ1) is 25.3. The van der Waals surface area contributed by atoms with Crippen molar-refractivity contribution in [3.63, 3.8) is 0 Å². The van der Waals surface area contributed by atoms with Gasteiger partial charge >= 0.3 is 0 Å². The van der Waals surface area contributed by atoms with Crippen LogP contribution in [0.5, 0.6) is 11.5 Å². The molecule has 8 heteroatoms. The van der Waals surface area contributed by atoms with Crippen molar-refractivity contribution in [3.8, 4) is 11.5 Å². The molecule has 27 heavy (non-hydrogen) atoms. The maximum Gasteiger partial charge on any atom is 0.221 e. The number of amides is 1. The Labute approximate surface area is 179 Å². The molecule has 1 unspecified atom stereocenters. The predicted octanol–water partition coefficient (Wildman–Crippen LogP) is 2.55. The number of nitrogens with zero attached hydrogens (tertiary/aromatic N) is 1.